The van der Waals surface area contributed by atoms with E-state index >= 15 is 0 Å². The first-order valence-electron chi connectivity index (χ1n) is 6.52. The third kappa shape index (κ3) is 3.37. The zero-order chi connectivity index (χ0) is 15.4. The van der Waals surface area contributed by atoms with Gasteiger partial charge in [-0.05, 0) is 31.2 Å². The minimum Gasteiger partial charge on any atom is -0.507 e. The number of benzene rings is 2. The molecule has 0 aliphatic rings. The Morgan fingerprint density at radius 1 is 1.10 bits per heavy atom. The standard InChI is InChI=1S/C16H18FNO3/c1-10(13-6-5-12(20-2)9-15(13)19)18-11-4-7-14(17)16(8-11)21-3/h4-10,18-19H,1-3H3. The molecule has 1 atom stereocenters. The molecule has 0 bridgehead atoms. The molecule has 4 nitrogen and oxygen atoms in total. The molecular formula is C16H18FNO3. The van der Waals surface area contributed by atoms with E-state index in [-0.39, 0.29) is 17.5 Å². The van der Waals surface area contributed by atoms with Gasteiger partial charge >= 0.3 is 0 Å². The summed E-state index contributed by atoms with van der Waals surface area (Å²) in [6.45, 7) is 1.90. The third-order valence-corrected chi connectivity index (χ3v) is 3.24. The van der Waals surface area contributed by atoms with Gasteiger partial charge in [-0.25, -0.2) is 4.39 Å². The number of phenols is 1. The molecule has 0 amide bonds. The van der Waals surface area contributed by atoms with Crippen LogP contribution in [-0.2, 0) is 0 Å². The van der Waals surface area contributed by atoms with E-state index in [0.29, 0.717) is 11.4 Å². The molecule has 0 fully saturated rings. The highest BCUT2D eigenvalue weighted by atomic mass is 19.1. The molecule has 0 radical (unpaired) electrons. The predicted molar refractivity (Wildman–Crippen MR) is 79.6 cm³/mol. The lowest BCUT2D eigenvalue weighted by atomic mass is 10.1. The summed E-state index contributed by atoms with van der Waals surface area (Å²) in [5.41, 5.74) is 1.43. The number of anilines is 1. The van der Waals surface area contributed by atoms with Gasteiger partial charge in [-0.3, -0.25) is 0 Å². The molecule has 21 heavy (non-hydrogen) atoms. The van der Waals surface area contributed by atoms with E-state index < -0.39 is 5.82 Å². The van der Waals surface area contributed by atoms with Crippen molar-refractivity contribution in [2.75, 3.05) is 19.5 Å². The normalized spacial score (nSPS) is 11.8. The van der Waals surface area contributed by atoms with Gasteiger partial charge in [-0.2, -0.15) is 0 Å². The number of hydrogen-bond donors (Lipinski definition) is 2. The van der Waals surface area contributed by atoms with Crippen molar-refractivity contribution in [3.8, 4) is 17.2 Å². The van der Waals surface area contributed by atoms with E-state index in [1.807, 2.05) is 6.92 Å². The van der Waals surface area contributed by atoms with Gasteiger partial charge in [0, 0.05) is 23.4 Å². The largest absolute Gasteiger partial charge is 0.507 e. The maximum absolute atomic E-state index is 13.4. The van der Waals surface area contributed by atoms with Crippen LogP contribution in [0.4, 0.5) is 10.1 Å². The van der Waals surface area contributed by atoms with E-state index in [1.54, 1.807) is 37.4 Å². The van der Waals surface area contributed by atoms with E-state index in [4.69, 9.17) is 9.47 Å². The van der Waals surface area contributed by atoms with Gasteiger partial charge in [-0.15, -0.1) is 0 Å². The SMILES string of the molecule is COc1ccc(C(C)Nc2ccc(F)c(OC)c2)c(O)c1. The molecule has 0 saturated carbocycles. The first kappa shape index (κ1) is 15.0. The Morgan fingerprint density at radius 2 is 1.86 bits per heavy atom. The van der Waals surface area contributed by atoms with Crippen LogP contribution in [0.15, 0.2) is 36.4 Å². The van der Waals surface area contributed by atoms with Gasteiger partial charge < -0.3 is 19.9 Å². The Labute approximate surface area is 123 Å². The van der Waals surface area contributed by atoms with Crippen LogP contribution in [0.3, 0.4) is 0 Å². The van der Waals surface area contributed by atoms with Crippen LogP contribution in [0.25, 0.3) is 0 Å². The number of rotatable bonds is 5. The second-order valence-corrected chi connectivity index (χ2v) is 4.64. The summed E-state index contributed by atoms with van der Waals surface area (Å²) >= 11 is 0. The molecule has 2 aromatic carbocycles. The summed E-state index contributed by atoms with van der Waals surface area (Å²) in [6, 6.07) is 9.48. The number of halogens is 1. The number of aromatic hydroxyl groups is 1. The molecule has 0 aliphatic heterocycles. The Bertz CT molecular complexity index is 631. The summed E-state index contributed by atoms with van der Waals surface area (Å²) in [7, 11) is 2.96. The fourth-order valence-corrected chi connectivity index (χ4v) is 2.09. The fourth-order valence-electron chi connectivity index (χ4n) is 2.09. The molecule has 0 aromatic heterocycles. The van der Waals surface area contributed by atoms with Gasteiger partial charge in [-0.1, -0.05) is 0 Å². The van der Waals surface area contributed by atoms with Crippen molar-refractivity contribution >= 4 is 5.69 Å². The van der Waals surface area contributed by atoms with E-state index in [9.17, 15) is 9.50 Å². The van der Waals surface area contributed by atoms with Gasteiger partial charge in [0.1, 0.15) is 11.5 Å². The number of methoxy groups -OCH3 is 2. The van der Waals surface area contributed by atoms with Crippen LogP contribution in [0.5, 0.6) is 17.2 Å². The van der Waals surface area contributed by atoms with Crippen molar-refractivity contribution in [1.29, 1.82) is 0 Å². The zero-order valence-electron chi connectivity index (χ0n) is 12.2. The van der Waals surface area contributed by atoms with Crippen molar-refractivity contribution in [1.82, 2.24) is 0 Å². The van der Waals surface area contributed by atoms with Crippen molar-refractivity contribution < 1.29 is 19.0 Å². The minimum absolute atomic E-state index is 0.142. The summed E-state index contributed by atoms with van der Waals surface area (Å²) in [5.74, 6) is 0.490. The Balaban J connectivity index is 2.19. The molecule has 5 heteroatoms. The topological polar surface area (TPSA) is 50.7 Å². The summed E-state index contributed by atoms with van der Waals surface area (Å²) in [5, 5.41) is 13.2. The van der Waals surface area contributed by atoms with Gasteiger partial charge in [0.05, 0.1) is 20.3 Å². The van der Waals surface area contributed by atoms with Gasteiger partial charge in [0.2, 0.25) is 0 Å². The number of nitrogens with one attached hydrogen (secondary N) is 1. The maximum atomic E-state index is 13.4. The van der Waals surface area contributed by atoms with E-state index in [0.717, 1.165) is 5.56 Å². The Morgan fingerprint density at radius 3 is 2.48 bits per heavy atom. The Kier molecular flexibility index (Phi) is 4.52. The molecule has 0 saturated heterocycles. The lowest BCUT2D eigenvalue weighted by Crippen LogP contribution is -2.07. The van der Waals surface area contributed by atoms with Crippen molar-refractivity contribution in [2.45, 2.75) is 13.0 Å². The summed E-state index contributed by atoms with van der Waals surface area (Å²) < 4.78 is 23.4. The zero-order valence-corrected chi connectivity index (χ0v) is 12.2. The van der Waals surface area contributed by atoms with Gasteiger partial charge in [0.15, 0.2) is 11.6 Å². The Hall–Kier alpha value is -2.43. The summed E-state index contributed by atoms with van der Waals surface area (Å²) in [6.07, 6.45) is 0. The molecule has 0 spiro atoms. The lowest BCUT2D eigenvalue weighted by molar-refractivity contribution is 0.386. The minimum atomic E-state index is -0.414. The van der Waals surface area contributed by atoms with Crippen LogP contribution in [0.2, 0.25) is 0 Å². The molecule has 0 aliphatic carbocycles. The van der Waals surface area contributed by atoms with Gasteiger partial charge in [0.25, 0.3) is 0 Å². The highest BCUT2D eigenvalue weighted by Crippen LogP contribution is 2.31. The molecule has 112 valence electrons. The molecule has 2 rings (SSSR count). The van der Waals surface area contributed by atoms with E-state index in [2.05, 4.69) is 5.32 Å². The van der Waals surface area contributed by atoms with Crippen LogP contribution >= 0.6 is 0 Å². The van der Waals surface area contributed by atoms with Crippen molar-refractivity contribution in [2.24, 2.45) is 0 Å². The van der Waals surface area contributed by atoms with E-state index in [1.165, 1.54) is 13.2 Å². The van der Waals surface area contributed by atoms with Crippen molar-refractivity contribution in [3.63, 3.8) is 0 Å². The van der Waals surface area contributed by atoms with Crippen molar-refractivity contribution in [3.05, 3.63) is 47.8 Å². The molecular weight excluding hydrogens is 273 g/mol. The van der Waals surface area contributed by atoms with Crippen LogP contribution in [0.1, 0.15) is 18.5 Å². The fraction of sp³-hybridized carbons (Fsp3) is 0.250. The smallest absolute Gasteiger partial charge is 0.165 e. The van der Waals surface area contributed by atoms with Crippen LogP contribution in [-0.4, -0.2) is 19.3 Å². The number of hydrogen-bond acceptors (Lipinski definition) is 4. The quantitative estimate of drug-likeness (QED) is 0.881. The average molecular weight is 291 g/mol. The van der Waals surface area contributed by atoms with Crippen LogP contribution in [0, 0.1) is 5.82 Å². The predicted octanol–water partition coefficient (Wildman–Crippen LogP) is 3.72. The highest BCUT2D eigenvalue weighted by Gasteiger charge is 2.12. The second-order valence-electron chi connectivity index (χ2n) is 4.64. The summed E-state index contributed by atoms with van der Waals surface area (Å²) in [4.78, 5) is 0. The lowest BCUT2D eigenvalue weighted by Gasteiger charge is -2.18. The number of ether oxygens (including phenoxy) is 2. The first-order valence-corrected chi connectivity index (χ1v) is 6.52. The number of phenolic OH excluding ortho intramolecular Hbond substituents is 1. The molecule has 2 N–H and O–H groups in total. The third-order valence-electron chi connectivity index (χ3n) is 3.24. The van der Waals surface area contributed by atoms with Crippen LogP contribution < -0.4 is 14.8 Å². The maximum Gasteiger partial charge on any atom is 0.165 e. The highest BCUT2D eigenvalue weighted by molar-refractivity contribution is 5.52. The average Bonchev–Trinajstić information content (AvgIpc) is 2.48. The molecule has 2 aromatic rings. The second kappa shape index (κ2) is 6.35. The first-order chi connectivity index (χ1) is 10.0. The molecule has 0 heterocycles. The monoisotopic (exact) mass is 291 g/mol. The molecule has 1 unspecified atom stereocenters.